The number of carboxylic acids is 1. The van der Waals surface area contributed by atoms with Crippen LogP contribution in [0.25, 0.3) is 0 Å². The number of halogens is 1. The van der Waals surface area contributed by atoms with Crippen molar-refractivity contribution in [2.45, 2.75) is 61.4 Å². The lowest BCUT2D eigenvalue weighted by Gasteiger charge is -2.58. The molecule has 5 fully saturated rings. The van der Waals surface area contributed by atoms with Crippen molar-refractivity contribution in [2.24, 2.45) is 23.2 Å². The molecule has 1 amide bonds. The van der Waals surface area contributed by atoms with Gasteiger partial charge in [0, 0.05) is 10.5 Å². The quantitative estimate of drug-likeness (QED) is 0.560. The summed E-state index contributed by atoms with van der Waals surface area (Å²) in [6.45, 7) is 0. The largest absolute Gasteiger partial charge is 0.481 e. The predicted molar refractivity (Wildman–Crippen MR) is 112 cm³/mol. The van der Waals surface area contributed by atoms with Gasteiger partial charge in [-0.1, -0.05) is 12.1 Å². The molecule has 7 nitrogen and oxygen atoms in total. The van der Waals surface area contributed by atoms with Crippen LogP contribution in [0.2, 0.25) is 0 Å². The molecule has 162 valence electrons. The van der Waals surface area contributed by atoms with Gasteiger partial charge in [-0.3, -0.25) is 9.59 Å². The Morgan fingerprint density at radius 1 is 1.07 bits per heavy atom. The minimum atomic E-state index is -3.85. The first-order chi connectivity index (χ1) is 14.1. The fraction of sp³-hybridized carbons (Fsp3) is 0.619. The van der Waals surface area contributed by atoms with Crippen LogP contribution in [0.5, 0.6) is 0 Å². The summed E-state index contributed by atoms with van der Waals surface area (Å²) in [7, 11) is -3.85. The van der Waals surface area contributed by atoms with Gasteiger partial charge in [-0.05, 0) is 90.8 Å². The van der Waals surface area contributed by atoms with Crippen LogP contribution < -0.4 is 10.0 Å². The molecule has 30 heavy (non-hydrogen) atoms. The Labute approximate surface area is 184 Å². The molecule has 5 aliphatic rings. The van der Waals surface area contributed by atoms with Crippen LogP contribution in [-0.4, -0.2) is 37.0 Å². The molecule has 0 aromatic heterocycles. The van der Waals surface area contributed by atoms with E-state index in [1.807, 2.05) is 0 Å². The van der Waals surface area contributed by atoms with E-state index < -0.39 is 26.9 Å². The second kappa shape index (κ2) is 6.77. The van der Waals surface area contributed by atoms with Gasteiger partial charge in [-0.15, -0.1) is 0 Å². The summed E-state index contributed by atoms with van der Waals surface area (Å²) in [5.74, 6) is -0.235. The zero-order valence-electron chi connectivity index (χ0n) is 16.4. The Bertz CT molecular complexity index is 1010. The van der Waals surface area contributed by atoms with E-state index in [1.54, 1.807) is 18.2 Å². The van der Waals surface area contributed by atoms with Crippen molar-refractivity contribution in [3.8, 4) is 0 Å². The molecule has 0 spiro atoms. The van der Waals surface area contributed by atoms with Crippen LogP contribution >= 0.6 is 15.9 Å². The molecule has 4 bridgehead atoms. The number of benzene rings is 1. The van der Waals surface area contributed by atoms with Gasteiger partial charge in [-0.2, -0.15) is 4.72 Å². The fourth-order valence-corrected chi connectivity index (χ4v) is 8.71. The van der Waals surface area contributed by atoms with E-state index in [1.165, 1.54) is 6.07 Å². The number of carbonyl (C=O) groups excluding carboxylic acids is 1. The summed E-state index contributed by atoms with van der Waals surface area (Å²) < 4.78 is 28.8. The van der Waals surface area contributed by atoms with Gasteiger partial charge in [0.15, 0.2) is 0 Å². The lowest BCUT2D eigenvalue weighted by Crippen LogP contribution is -2.63. The Kier molecular flexibility index (Phi) is 4.62. The maximum atomic E-state index is 13.2. The number of sulfonamides is 1. The third kappa shape index (κ3) is 3.20. The SMILES string of the molecule is O=C(O)C12CC3CC(C1)C(NC(=O)C1(NS(=O)(=O)c4ccccc4Br)CC1)C(C3)C2. The molecule has 3 N–H and O–H groups in total. The van der Waals surface area contributed by atoms with Crippen LogP contribution in [0.3, 0.4) is 0 Å². The third-order valence-electron chi connectivity index (χ3n) is 7.67. The van der Waals surface area contributed by atoms with Gasteiger partial charge in [0.2, 0.25) is 15.9 Å². The molecule has 0 aliphatic heterocycles. The van der Waals surface area contributed by atoms with Crippen molar-refractivity contribution in [3.63, 3.8) is 0 Å². The van der Waals surface area contributed by atoms with Crippen molar-refractivity contribution in [1.29, 1.82) is 0 Å². The van der Waals surface area contributed by atoms with Crippen molar-refractivity contribution in [2.75, 3.05) is 0 Å². The molecule has 0 heterocycles. The van der Waals surface area contributed by atoms with E-state index in [2.05, 4.69) is 26.0 Å². The van der Waals surface area contributed by atoms with E-state index >= 15 is 0 Å². The number of hydrogen-bond acceptors (Lipinski definition) is 4. The van der Waals surface area contributed by atoms with E-state index in [0.717, 1.165) is 19.3 Å². The predicted octanol–water partition coefficient (Wildman–Crippen LogP) is 2.66. The average Bonchev–Trinajstić information content (AvgIpc) is 3.44. The Morgan fingerprint density at radius 2 is 1.70 bits per heavy atom. The summed E-state index contributed by atoms with van der Waals surface area (Å²) in [5, 5.41) is 12.9. The van der Waals surface area contributed by atoms with Crippen molar-refractivity contribution in [3.05, 3.63) is 28.7 Å². The van der Waals surface area contributed by atoms with Gasteiger partial charge in [0.25, 0.3) is 0 Å². The number of rotatable bonds is 6. The van der Waals surface area contributed by atoms with Gasteiger partial charge in [0.1, 0.15) is 5.54 Å². The molecule has 2 unspecified atom stereocenters. The smallest absolute Gasteiger partial charge is 0.309 e. The molecule has 5 aliphatic carbocycles. The number of carbonyl (C=O) groups is 2. The van der Waals surface area contributed by atoms with E-state index in [0.29, 0.717) is 36.1 Å². The minimum Gasteiger partial charge on any atom is -0.481 e. The van der Waals surface area contributed by atoms with Crippen LogP contribution in [0.1, 0.15) is 44.9 Å². The highest BCUT2D eigenvalue weighted by Crippen LogP contribution is 2.60. The van der Waals surface area contributed by atoms with Crippen LogP contribution in [0, 0.1) is 23.2 Å². The molecule has 9 heteroatoms. The molecule has 0 saturated heterocycles. The molecule has 5 saturated carbocycles. The third-order valence-corrected chi connectivity index (χ3v) is 10.2. The zero-order valence-corrected chi connectivity index (χ0v) is 18.8. The van der Waals surface area contributed by atoms with Crippen LogP contribution in [0.15, 0.2) is 33.6 Å². The second-order valence-electron chi connectivity index (χ2n) is 9.67. The lowest BCUT2D eigenvalue weighted by atomic mass is 9.48. The monoisotopic (exact) mass is 496 g/mol. The minimum absolute atomic E-state index is 0.0630. The van der Waals surface area contributed by atoms with E-state index in [-0.39, 0.29) is 28.7 Å². The van der Waals surface area contributed by atoms with Crippen molar-refractivity contribution >= 4 is 37.8 Å². The Hall–Kier alpha value is -1.45. The number of nitrogens with one attached hydrogen (secondary N) is 2. The Morgan fingerprint density at radius 3 is 2.27 bits per heavy atom. The molecule has 1 aromatic carbocycles. The standard InChI is InChI=1S/C21H25BrN2O5S/c22-15-3-1-2-4-16(15)30(28,29)24-21(5-6-21)18(25)23-17-13-7-12-8-14(17)11-20(9-12,10-13)19(26)27/h1-4,12-14,17,24H,5-11H2,(H,23,25)(H,26,27). The highest BCUT2D eigenvalue weighted by molar-refractivity contribution is 9.10. The van der Waals surface area contributed by atoms with E-state index in [9.17, 15) is 23.1 Å². The van der Waals surface area contributed by atoms with Gasteiger partial charge in [-0.25, -0.2) is 8.42 Å². The topological polar surface area (TPSA) is 113 Å². The summed E-state index contributed by atoms with van der Waals surface area (Å²) >= 11 is 3.27. The molecule has 1 aromatic rings. The lowest BCUT2D eigenvalue weighted by molar-refractivity contribution is -0.167. The molecule has 2 atom stereocenters. The molecule has 6 rings (SSSR count). The van der Waals surface area contributed by atoms with Crippen molar-refractivity contribution < 1.29 is 23.1 Å². The van der Waals surface area contributed by atoms with Gasteiger partial charge in [0.05, 0.1) is 10.3 Å². The Balaban J connectivity index is 1.32. The first-order valence-electron chi connectivity index (χ1n) is 10.5. The average molecular weight is 497 g/mol. The summed E-state index contributed by atoms with van der Waals surface area (Å²) in [6, 6.07) is 6.47. The van der Waals surface area contributed by atoms with Gasteiger partial charge >= 0.3 is 5.97 Å². The number of carboxylic acid groups (broad SMARTS) is 1. The van der Waals surface area contributed by atoms with Crippen LogP contribution in [0.4, 0.5) is 0 Å². The van der Waals surface area contributed by atoms with E-state index in [4.69, 9.17) is 0 Å². The maximum Gasteiger partial charge on any atom is 0.309 e. The number of hydrogen-bond donors (Lipinski definition) is 3. The summed E-state index contributed by atoms with van der Waals surface area (Å²) in [5.41, 5.74) is -1.73. The first kappa shape index (κ1) is 20.5. The normalized spacial score (nSPS) is 35.8. The van der Waals surface area contributed by atoms with Crippen molar-refractivity contribution in [1.82, 2.24) is 10.0 Å². The molecular formula is C21H25BrN2O5S. The zero-order chi connectivity index (χ0) is 21.3. The highest BCUT2D eigenvalue weighted by atomic mass is 79.9. The molecular weight excluding hydrogens is 472 g/mol. The molecule has 0 radical (unpaired) electrons. The fourth-order valence-electron chi connectivity index (χ4n) is 6.29. The second-order valence-corrected chi connectivity index (χ2v) is 12.2. The number of aliphatic carboxylic acids is 1. The number of amides is 1. The maximum absolute atomic E-state index is 13.2. The highest BCUT2D eigenvalue weighted by Gasteiger charge is 2.60. The van der Waals surface area contributed by atoms with Gasteiger partial charge < -0.3 is 10.4 Å². The summed E-state index contributed by atoms with van der Waals surface area (Å²) in [6.07, 6.45) is 4.80. The summed E-state index contributed by atoms with van der Waals surface area (Å²) in [4.78, 5) is 25.2. The van der Waals surface area contributed by atoms with Crippen LogP contribution in [-0.2, 0) is 19.6 Å². The first-order valence-corrected chi connectivity index (χ1v) is 12.7.